The van der Waals surface area contributed by atoms with Gasteiger partial charge < -0.3 is 19.5 Å². The summed E-state index contributed by atoms with van der Waals surface area (Å²) in [5, 5.41) is 2.81. The highest BCUT2D eigenvalue weighted by molar-refractivity contribution is 5.91. The molecule has 1 aromatic rings. The van der Waals surface area contributed by atoms with E-state index in [4.69, 9.17) is 14.2 Å². The summed E-state index contributed by atoms with van der Waals surface area (Å²) in [6.07, 6.45) is 4.07. The Balaban J connectivity index is 2.51. The molecular weight excluding hydrogens is 282 g/mol. The molecule has 0 aliphatic carbocycles. The number of nitrogens with one attached hydrogen (secondary N) is 1. The van der Waals surface area contributed by atoms with E-state index in [1.807, 2.05) is 32.0 Å². The van der Waals surface area contributed by atoms with Gasteiger partial charge in [-0.15, -0.1) is 0 Å². The summed E-state index contributed by atoms with van der Waals surface area (Å²) in [5.74, 6) is 1.23. The smallest absolute Gasteiger partial charge is 0.244 e. The van der Waals surface area contributed by atoms with Gasteiger partial charge in [-0.3, -0.25) is 4.79 Å². The monoisotopic (exact) mass is 307 g/mol. The third kappa shape index (κ3) is 6.63. The Morgan fingerprint density at radius 2 is 2.05 bits per heavy atom. The van der Waals surface area contributed by atoms with E-state index in [0.717, 1.165) is 12.0 Å². The quantitative estimate of drug-likeness (QED) is 0.533. The lowest BCUT2D eigenvalue weighted by atomic mass is 10.2. The molecule has 1 rings (SSSR count). The molecule has 0 radical (unpaired) electrons. The lowest BCUT2D eigenvalue weighted by Crippen LogP contribution is -2.23. The maximum Gasteiger partial charge on any atom is 0.244 e. The molecule has 0 bridgehead atoms. The van der Waals surface area contributed by atoms with E-state index >= 15 is 0 Å². The van der Waals surface area contributed by atoms with Crippen molar-refractivity contribution in [2.24, 2.45) is 0 Å². The summed E-state index contributed by atoms with van der Waals surface area (Å²) in [6.45, 7) is 6.40. The van der Waals surface area contributed by atoms with Crippen LogP contribution in [0.2, 0.25) is 0 Å². The van der Waals surface area contributed by atoms with Gasteiger partial charge in [-0.1, -0.05) is 6.07 Å². The van der Waals surface area contributed by atoms with Crippen molar-refractivity contribution in [2.45, 2.75) is 20.3 Å². The Morgan fingerprint density at radius 3 is 2.73 bits per heavy atom. The molecule has 0 aromatic heterocycles. The maximum absolute atomic E-state index is 11.7. The minimum absolute atomic E-state index is 0.120. The molecule has 5 heteroatoms. The summed E-state index contributed by atoms with van der Waals surface area (Å²) in [4.78, 5) is 11.7. The molecule has 0 unspecified atom stereocenters. The number of ether oxygens (including phenoxy) is 3. The second-order valence-corrected chi connectivity index (χ2v) is 4.52. The zero-order valence-electron chi connectivity index (χ0n) is 13.6. The van der Waals surface area contributed by atoms with Crippen molar-refractivity contribution in [1.82, 2.24) is 5.32 Å². The third-order valence-corrected chi connectivity index (χ3v) is 2.88. The van der Waals surface area contributed by atoms with E-state index in [0.29, 0.717) is 37.9 Å². The van der Waals surface area contributed by atoms with Crippen molar-refractivity contribution in [1.29, 1.82) is 0 Å². The van der Waals surface area contributed by atoms with Crippen LogP contribution < -0.4 is 14.8 Å². The molecule has 1 amide bonds. The Labute approximate surface area is 132 Å². The Hall–Kier alpha value is -2.01. The van der Waals surface area contributed by atoms with Gasteiger partial charge in [-0.2, -0.15) is 0 Å². The van der Waals surface area contributed by atoms with E-state index in [1.165, 1.54) is 6.08 Å². The number of methoxy groups -OCH3 is 1. The van der Waals surface area contributed by atoms with Gasteiger partial charge in [0.05, 0.1) is 13.7 Å². The highest BCUT2D eigenvalue weighted by atomic mass is 16.5. The minimum Gasteiger partial charge on any atom is -0.493 e. The maximum atomic E-state index is 11.7. The molecule has 0 aliphatic rings. The first-order valence-electron chi connectivity index (χ1n) is 7.55. The van der Waals surface area contributed by atoms with Crippen LogP contribution in [0.15, 0.2) is 24.3 Å². The van der Waals surface area contributed by atoms with Gasteiger partial charge in [-0.05, 0) is 44.0 Å². The van der Waals surface area contributed by atoms with E-state index in [1.54, 1.807) is 13.2 Å². The zero-order valence-corrected chi connectivity index (χ0v) is 13.6. The molecule has 0 heterocycles. The Morgan fingerprint density at radius 1 is 1.23 bits per heavy atom. The topological polar surface area (TPSA) is 56.8 Å². The highest BCUT2D eigenvalue weighted by Gasteiger charge is 2.04. The average molecular weight is 307 g/mol. The minimum atomic E-state index is -0.120. The molecular formula is C17H25NO4. The van der Waals surface area contributed by atoms with E-state index in [2.05, 4.69) is 5.32 Å². The van der Waals surface area contributed by atoms with Crippen LogP contribution in [-0.2, 0) is 9.53 Å². The summed E-state index contributed by atoms with van der Waals surface area (Å²) in [7, 11) is 1.60. The largest absolute Gasteiger partial charge is 0.493 e. The summed E-state index contributed by atoms with van der Waals surface area (Å²) in [5.41, 5.74) is 0.883. The van der Waals surface area contributed by atoms with Gasteiger partial charge in [-0.25, -0.2) is 0 Å². The van der Waals surface area contributed by atoms with Crippen LogP contribution >= 0.6 is 0 Å². The van der Waals surface area contributed by atoms with E-state index in [9.17, 15) is 4.79 Å². The molecule has 22 heavy (non-hydrogen) atoms. The molecule has 1 N–H and O–H groups in total. The third-order valence-electron chi connectivity index (χ3n) is 2.88. The van der Waals surface area contributed by atoms with Gasteiger partial charge in [0, 0.05) is 25.8 Å². The molecule has 0 aliphatic heterocycles. The van der Waals surface area contributed by atoms with Crippen LogP contribution in [0.4, 0.5) is 0 Å². The van der Waals surface area contributed by atoms with Crippen molar-refractivity contribution in [2.75, 3.05) is 33.5 Å². The van der Waals surface area contributed by atoms with Crippen molar-refractivity contribution >= 4 is 12.0 Å². The summed E-state index contributed by atoms with van der Waals surface area (Å²) >= 11 is 0. The van der Waals surface area contributed by atoms with Gasteiger partial charge in [0.25, 0.3) is 0 Å². The fraction of sp³-hybridized carbons (Fsp3) is 0.471. The first kappa shape index (κ1) is 18.0. The second-order valence-electron chi connectivity index (χ2n) is 4.52. The van der Waals surface area contributed by atoms with Crippen molar-refractivity contribution < 1.29 is 19.0 Å². The molecule has 122 valence electrons. The van der Waals surface area contributed by atoms with Crippen LogP contribution in [0.25, 0.3) is 6.08 Å². The number of carbonyl (C=O) groups excluding carboxylic acids is 1. The molecule has 0 spiro atoms. The van der Waals surface area contributed by atoms with Crippen LogP contribution in [0, 0.1) is 0 Å². The molecule has 1 aromatic carbocycles. The van der Waals surface area contributed by atoms with E-state index < -0.39 is 0 Å². The number of carbonyl (C=O) groups is 1. The van der Waals surface area contributed by atoms with Crippen molar-refractivity contribution in [3.05, 3.63) is 29.8 Å². The lowest BCUT2D eigenvalue weighted by Gasteiger charge is -2.09. The number of hydrogen-bond acceptors (Lipinski definition) is 4. The second kappa shape index (κ2) is 10.7. The normalized spacial score (nSPS) is 10.7. The Kier molecular flexibility index (Phi) is 8.76. The zero-order chi connectivity index (χ0) is 16.2. The van der Waals surface area contributed by atoms with E-state index in [-0.39, 0.29) is 5.91 Å². The SMILES string of the molecule is CCOCCCNC(=O)/C=C/c1ccc(OC)c(OCC)c1. The first-order chi connectivity index (χ1) is 10.7. The van der Waals surface area contributed by atoms with Crippen molar-refractivity contribution in [3.63, 3.8) is 0 Å². The fourth-order valence-electron chi connectivity index (χ4n) is 1.83. The van der Waals surface area contributed by atoms with Crippen LogP contribution in [0.5, 0.6) is 11.5 Å². The summed E-state index contributed by atoms with van der Waals surface area (Å²) < 4.78 is 15.9. The average Bonchev–Trinajstić information content (AvgIpc) is 2.53. The summed E-state index contributed by atoms with van der Waals surface area (Å²) in [6, 6.07) is 5.55. The predicted octanol–water partition coefficient (Wildman–Crippen LogP) is 2.65. The van der Waals surface area contributed by atoms with Crippen molar-refractivity contribution in [3.8, 4) is 11.5 Å². The van der Waals surface area contributed by atoms with Crippen LogP contribution in [0.1, 0.15) is 25.8 Å². The van der Waals surface area contributed by atoms with Crippen LogP contribution in [-0.4, -0.2) is 39.4 Å². The van der Waals surface area contributed by atoms with Crippen LogP contribution in [0.3, 0.4) is 0 Å². The number of rotatable bonds is 10. The Bertz CT molecular complexity index is 486. The number of benzene rings is 1. The molecule has 0 atom stereocenters. The van der Waals surface area contributed by atoms with Gasteiger partial charge >= 0.3 is 0 Å². The van der Waals surface area contributed by atoms with Gasteiger partial charge in [0.2, 0.25) is 5.91 Å². The molecule has 5 nitrogen and oxygen atoms in total. The standard InChI is InChI=1S/C17H25NO4/c1-4-21-12-6-11-18-17(19)10-8-14-7-9-15(20-3)16(13-14)22-5-2/h7-10,13H,4-6,11-12H2,1-3H3,(H,18,19)/b10-8+. The molecule has 0 fully saturated rings. The van der Waals surface area contributed by atoms with Gasteiger partial charge in [0.15, 0.2) is 11.5 Å². The number of amides is 1. The van der Waals surface area contributed by atoms with Gasteiger partial charge in [0.1, 0.15) is 0 Å². The molecule has 0 saturated carbocycles. The molecule has 0 saturated heterocycles. The number of hydrogen-bond donors (Lipinski definition) is 1. The fourth-order valence-corrected chi connectivity index (χ4v) is 1.83. The lowest BCUT2D eigenvalue weighted by molar-refractivity contribution is -0.116. The highest BCUT2D eigenvalue weighted by Crippen LogP contribution is 2.28. The predicted molar refractivity (Wildman–Crippen MR) is 87.3 cm³/mol. The first-order valence-corrected chi connectivity index (χ1v) is 7.55.